The van der Waals surface area contributed by atoms with Gasteiger partial charge in [-0.3, -0.25) is 4.79 Å². The van der Waals surface area contributed by atoms with Crippen LogP contribution in [0.1, 0.15) is 12.5 Å². The topological polar surface area (TPSA) is 99.5 Å². The van der Waals surface area contributed by atoms with E-state index in [0.29, 0.717) is 29.4 Å². The zero-order valence-electron chi connectivity index (χ0n) is 17.0. The van der Waals surface area contributed by atoms with Gasteiger partial charge in [0.1, 0.15) is 17.3 Å². The van der Waals surface area contributed by atoms with Gasteiger partial charge in [0.25, 0.3) is 5.91 Å². The number of rotatable bonds is 7. The molecule has 4 rings (SSSR count). The molecular formula is C22H23N3O5S. The number of hydrogen-bond acceptors (Lipinski definition) is 6. The van der Waals surface area contributed by atoms with E-state index in [2.05, 4.69) is 10.4 Å². The first-order chi connectivity index (χ1) is 14.9. The largest absolute Gasteiger partial charge is 0.497 e. The number of methoxy groups -OCH3 is 1. The van der Waals surface area contributed by atoms with E-state index in [-0.39, 0.29) is 30.1 Å². The fraction of sp³-hybridized carbons (Fsp3) is 0.273. The minimum absolute atomic E-state index is 0.00806. The van der Waals surface area contributed by atoms with Gasteiger partial charge >= 0.3 is 0 Å². The molecule has 1 atom stereocenters. The van der Waals surface area contributed by atoms with E-state index in [1.807, 2.05) is 30.3 Å². The number of benzene rings is 2. The number of aromatic nitrogens is 2. The van der Waals surface area contributed by atoms with Crippen molar-refractivity contribution < 1.29 is 22.7 Å². The predicted molar refractivity (Wildman–Crippen MR) is 117 cm³/mol. The highest BCUT2D eigenvalue weighted by molar-refractivity contribution is 7.91. The van der Waals surface area contributed by atoms with Gasteiger partial charge in [0.2, 0.25) is 0 Å². The molecule has 0 unspecified atom stereocenters. The lowest BCUT2D eigenvalue weighted by Crippen LogP contribution is -2.23. The number of nitrogens with zero attached hydrogens (tertiary/aromatic N) is 2. The van der Waals surface area contributed by atoms with Crippen molar-refractivity contribution in [2.45, 2.75) is 12.5 Å². The quantitative estimate of drug-likeness (QED) is 0.605. The Hall–Kier alpha value is -3.33. The molecule has 1 saturated heterocycles. The predicted octanol–water partition coefficient (Wildman–Crippen LogP) is 2.94. The molecule has 0 spiro atoms. The third-order valence-electron chi connectivity index (χ3n) is 5.06. The second kappa shape index (κ2) is 8.81. The zero-order chi connectivity index (χ0) is 21.8. The van der Waals surface area contributed by atoms with Crippen molar-refractivity contribution in [3.63, 3.8) is 0 Å². The number of anilines is 1. The van der Waals surface area contributed by atoms with Crippen LogP contribution in [0.15, 0.2) is 60.7 Å². The van der Waals surface area contributed by atoms with E-state index in [0.717, 1.165) is 5.56 Å². The van der Waals surface area contributed by atoms with Crippen molar-refractivity contribution >= 4 is 21.6 Å². The molecule has 0 aliphatic carbocycles. The Morgan fingerprint density at radius 3 is 2.48 bits per heavy atom. The summed E-state index contributed by atoms with van der Waals surface area (Å²) in [6.45, 7) is -0.193. The van der Waals surface area contributed by atoms with E-state index < -0.39 is 9.84 Å². The summed E-state index contributed by atoms with van der Waals surface area (Å²) in [5.74, 6) is 1.44. The van der Waals surface area contributed by atoms with Crippen LogP contribution in [0.25, 0.3) is 11.3 Å². The number of sulfone groups is 1. The Bertz CT molecular complexity index is 1160. The summed E-state index contributed by atoms with van der Waals surface area (Å²) in [6, 6.07) is 17.9. The maximum atomic E-state index is 12.5. The maximum Gasteiger partial charge on any atom is 0.263 e. The van der Waals surface area contributed by atoms with E-state index in [4.69, 9.17) is 9.47 Å². The van der Waals surface area contributed by atoms with Crippen molar-refractivity contribution in [1.29, 1.82) is 0 Å². The van der Waals surface area contributed by atoms with Crippen LogP contribution >= 0.6 is 0 Å². The van der Waals surface area contributed by atoms with Crippen LogP contribution in [0.2, 0.25) is 0 Å². The number of ether oxygens (including phenoxy) is 2. The van der Waals surface area contributed by atoms with Gasteiger partial charge in [0.05, 0.1) is 30.4 Å². The minimum atomic E-state index is -3.10. The number of amides is 1. The second-order valence-electron chi connectivity index (χ2n) is 7.29. The van der Waals surface area contributed by atoms with Crippen LogP contribution in [0.3, 0.4) is 0 Å². The molecular weight excluding hydrogens is 418 g/mol. The van der Waals surface area contributed by atoms with Crippen LogP contribution in [-0.2, 0) is 14.6 Å². The second-order valence-corrected chi connectivity index (χ2v) is 9.52. The lowest BCUT2D eigenvalue weighted by atomic mass is 10.1. The molecule has 1 N–H and O–H groups in total. The van der Waals surface area contributed by atoms with Crippen molar-refractivity contribution in [3.05, 3.63) is 60.7 Å². The van der Waals surface area contributed by atoms with Crippen molar-refractivity contribution in [1.82, 2.24) is 9.78 Å². The molecule has 0 radical (unpaired) electrons. The fourth-order valence-electron chi connectivity index (χ4n) is 3.48. The lowest BCUT2D eigenvalue weighted by Gasteiger charge is -2.14. The van der Waals surface area contributed by atoms with Crippen molar-refractivity contribution in [2.75, 3.05) is 30.5 Å². The summed E-state index contributed by atoms with van der Waals surface area (Å²) in [6.07, 6.45) is 0.462. The van der Waals surface area contributed by atoms with Gasteiger partial charge < -0.3 is 14.8 Å². The Kier molecular flexibility index (Phi) is 5.94. The van der Waals surface area contributed by atoms with Gasteiger partial charge in [0.15, 0.2) is 16.4 Å². The van der Waals surface area contributed by atoms with E-state index in [1.165, 1.54) is 0 Å². The summed E-state index contributed by atoms with van der Waals surface area (Å²) in [4.78, 5) is 12.5. The van der Waals surface area contributed by atoms with Gasteiger partial charge in [-0.2, -0.15) is 5.10 Å². The van der Waals surface area contributed by atoms with Crippen LogP contribution in [0, 0.1) is 0 Å². The SMILES string of the molecule is COc1ccc(OCC(=O)Nc2cc(-c3ccccc3)nn2[C@@H]2CCS(=O)(=O)C2)cc1. The van der Waals surface area contributed by atoms with E-state index in [1.54, 1.807) is 42.1 Å². The number of hydrogen-bond donors (Lipinski definition) is 1. The summed E-state index contributed by atoms with van der Waals surface area (Å²) in [7, 11) is -1.53. The van der Waals surface area contributed by atoms with Gasteiger partial charge in [-0.1, -0.05) is 30.3 Å². The molecule has 1 aliphatic heterocycles. The molecule has 1 aromatic heterocycles. The average molecular weight is 442 g/mol. The Morgan fingerprint density at radius 1 is 1.13 bits per heavy atom. The highest BCUT2D eigenvalue weighted by atomic mass is 32.2. The maximum absolute atomic E-state index is 12.5. The normalized spacial score (nSPS) is 17.3. The monoisotopic (exact) mass is 441 g/mol. The Labute approximate surface area is 180 Å². The molecule has 2 heterocycles. The number of carbonyl (C=O) groups is 1. The third kappa shape index (κ3) is 5.05. The molecule has 2 aromatic carbocycles. The molecule has 8 nitrogen and oxygen atoms in total. The van der Waals surface area contributed by atoms with Crippen molar-refractivity contribution in [2.24, 2.45) is 0 Å². The first-order valence-electron chi connectivity index (χ1n) is 9.85. The molecule has 1 amide bonds. The smallest absolute Gasteiger partial charge is 0.263 e. The Balaban J connectivity index is 1.51. The van der Waals surface area contributed by atoms with Gasteiger partial charge in [-0.25, -0.2) is 13.1 Å². The van der Waals surface area contributed by atoms with Crippen LogP contribution in [0.4, 0.5) is 5.82 Å². The standard InChI is InChI=1S/C22H23N3O5S/c1-29-18-7-9-19(10-8-18)30-14-22(26)23-21-13-20(16-5-3-2-4-6-16)24-25(21)17-11-12-31(27,28)15-17/h2-10,13,17H,11-12,14-15H2,1H3,(H,23,26)/t17-/m1/s1. The van der Waals surface area contributed by atoms with E-state index in [9.17, 15) is 13.2 Å². The van der Waals surface area contributed by atoms with Crippen molar-refractivity contribution in [3.8, 4) is 22.8 Å². The lowest BCUT2D eigenvalue weighted by molar-refractivity contribution is -0.118. The third-order valence-corrected chi connectivity index (χ3v) is 6.81. The van der Waals surface area contributed by atoms with Gasteiger partial charge in [0, 0.05) is 11.6 Å². The minimum Gasteiger partial charge on any atom is -0.497 e. The number of nitrogens with one attached hydrogen (secondary N) is 1. The molecule has 0 saturated carbocycles. The van der Waals surface area contributed by atoms with Crippen LogP contribution in [0.5, 0.6) is 11.5 Å². The van der Waals surface area contributed by atoms with Gasteiger partial charge in [-0.05, 0) is 30.7 Å². The zero-order valence-corrected chi connectivity index (χ0v) is 17.8. The van der Waals surface area contributed by atoms with Crippen LogP contribution in [-0.4, -0.2) is 49.3 Å². The summed E-state index contributed by atoms with van der Waals surface area (Å²) < 4.78 is 36.2. The molecule has 9 heteroatoms. The Morgan fingerprint density at radius 2 is 1.84 bits per heavy atom. The van der Waals surface area contributed by atoms with Gasteiger partial charge in [-0.15, -0.1) is 0 Å². The highest BCUT2D eigenvalue weighted by Gasteiger charge is 2.31. The fourth-order valence-corrected chi connectivity index (χ4v) is 5.18. The molecule has 0 bridgehead atoms. The summed E-state index contributed by atoms with van der Waals surface area (Å²) in [5, 5.41) is 7.42. The average Bonchev–Trinajstić information content (AvgIpc) is 3.36. The molecule has 1 fully saturated rings. The summed E-state index contributed by atoms with van der Waals surface area (Å²) in [5.41, 5.74) is 1.54. The first kappa shape index (κ1) is 20.9. The number of carbonyl (C=O) groups excluding carboxylic acids is 1. The first-order valence-corrected chi connectivity index (χ1v) is 11.7. The molecule has 3 aromatic rings. The highest BCUT2D eigenvalue weighted by Crippen LogP contribution is 2.30. The molecule has 31 heavy (non-hydrogen) atoms. The molecule has 162 valence electrons. The molecule has 1 aliphatic rings. The van der Waals surface area contributed by atoms with Crippen LogP contribution < -0.4 is 14.8 Å². The summed E-state index contributed by atoms with van der Waals surface area (Å²) >= 11 is 0. The van der Waals surface area contributed by atoms with E-state index >= 15 is 0 Å².